The van der Waals surface area contributed by atoms with E-state index in [0.29, 0.717) is 0 Å². The molecule has 18 heavy (non-hydrogen) atoms. The lowest BCUT2D eigenvalue weighted by molar-refractivity contribution is -0.138. The largest absolute Gasteiger partial charge is 0.416 e. The summed E-state index contributed by atoms with van der Waals surface area (Å²) in [6, 6.07) is 7.26. The molecule has 1 aromatic rings. The molecule has 0 aliphatic carbocycles. The van der Waals surface area contributed by atoms with Gasteiger partial charge in [-0.1, -0.05) is 25.1 Å². The Balaban J connectivity index is 2.99. The average molecular weight is 256 g/mol. The first kappa shape index (κ1) is 14.5. The maximum absolute atomic E-state index is 12.9. The van der Waals surface area contributed by atoms with E-state index in [9.17, 15) is 13.2 Å². The SMILES string of the molecule is C[C@H](c1ccccc1C(F)(F)F)[C@@H](C)NCC#N. The Morgan fingerprint density at radius 2 is 1.89 bits per heavy atom. The van der Waals surface area contributed by atoms with Gasteiger partial charge in [-0.3, -0.25) is 0 Å². The van der Waals surface area contributed by atoms with E-state index in [1.54, 1.807) is 19.9 Å². The Morgan fingerprint density at radius 3 is 2.44 bits per heavy atom. The molecule has 1 aromatic carbocycles. The molecule has 5 heteroatoms. The molecule has 0 bridgehead atoms. The fourth-order valence-corrected chi connectivity index (χ4v) is 1.80. The van der Waals surface area contributed by atoms with Crippen molar-refractivity contribution in [1.29, 1.82) is 5.26 Å². The number of hydrogen-bond donors (Lipinski definition) is 1. The van der Waals surface area contributed by atoms with Crippen LogP contribution in [0.2, 0.25) is 0 Å². The standard InChI is InChI=1S/C13H15F3N2/c1-9(10(2)18-8-7-17)11-5-3-4-6-12(11)13(14,15)16/h3-6,9-10,18H,8H2,1-2H3/t9-,10+/m0/s1. The van der Waals surface area contributed by atoms with Crippen molar-refractivity contribution in [2.45, 2.75) is 32.0 Å². The number of rotatable bonds is 4. The van der Waals surface area contributed by atoms with Gasteiger partial charge >= 0.3 is 6.18 Å². The molecular formula is C13H15F3N2. The molecule has 0 aromatic heterocycles. The summed E-state index contributed by atoms with van der Waals surface area (Å²) in [5.41, 5.74) is -0.356. The zero-order valence-corrected chi connectivity index (χ0v) is 10.3. The highest BCUT2D eigenvalue weighted by Crippen LogP contribution is 2.35. The van der Waals surface area contributed by atoms with E-state index >= 15 is 0 Å². The van der Waals surface area contributed by atoms with Crippen LogP contribution >= 0.6 is 0 Å². The molecule has 0 heterocycles. The van der Waals surface area contributed by atoms with Gasteiger partial charge in [0, 0.05) is 6.04 Å². The highest BCUT2D eigenvalue weighted by Gasteiger charge is 2.34. The van der Waals surface area contributed by atoms with E-state index in [1.165, 1.54) is 12.1 Å². The smallest absolute Gasteiger partial charge is 0.301 e. The third-order valence-corrected chi connectivity index (χ3v) is 3.01. The van der Waals surface area contributed by atoms with Crippen LogP contribution in [0, 0.1) is 11.3 Å². The third-order valence-electron chi connectivity index (χ3n) is 3.01. The van der Waals surface area contributed by atoms with Crippen molar-refractivity contribution in [2.24, 2.45) is 0 Å². The average Bonchev–Trinajstić information content (AvgIpc) is 2.34. The Labute approximate surface area is 104 Å². The predicted octanol–water partition coefficient (Wildman–Crippen LogP) is 3.31. The topological polar surface area (TPSA) is 35.8 Å². The van der Waals surface area contributed by atoms with E-state index in [-0.39, 0.29) is 24.1 Å². The summed E-state index contributed by atoms with van der Waals surface area (Å²) in [6.07, 6.45) is -4.35. The summed E-state index contributed by atoms with van der Waals surface area (Å²) in [4.78, 5) is 0. The number of nitrogens with zero attached hydrogens (tertiary/aromatic N) is 1. The summed E-state index contributed by atoms with van der Waals surface area (Å²) >= 11 is 0. The van der Waals surface area contributed by atoms with Gasteiger partial charge in [0.05, 0.1) is 18.2 Å². The maximum Gasteiger partial charge on any atom is 0.416 e. The van der Waals surface area contributed by atoms with E-state index in [0.717, 1.165) is 6.07 Å². The molecule has 0 fully saturated rings. The lowest BCUT2D eigenvalue weighted by Crippen LogP contribution is -2.32. The molecule has 0 spiro atoms. The minimum atomic E-state index is -4.35. The van der Waals surface area contributed by atoms with Crippen LogP contribution in [-0.2, 0) is 6.18 Å². The second kappa shape index (κ2) is 5.87. The molecule has 0 saturated carbocycles. The molecule has 0 saturated heterocycles. The monoisotopic (exact) mass is 256 g/mol. The number of nitrogens with one attached hydrogen (secondary N) is 1. The number of benzene rings is 1. The zero-order valence-electron chi connectivity index (χ0n) is 10.3. The van der Waals surface area contributed by atoms with Crippen molar-refractivity contribution in [3.05, 3.63) is 35.4 Å². The lowest BCUT2D eigenvalue weighted by Gasteiger charge is -2.23. The molecule has 0 radical (unpaired) electrons. The minimum absolute atomic E-state index is 0.125. The summed E-state index contributed by atoms with van der Waals surface area (Å²) in [5.74, 6) is -0.323. The van der Waals surface area contributed by atoms with Crippen LogP contribution < -0.4 is 5.32 Å². The van der Waals surface area contributed by atoms with Gasteiger partial charge in [-0.05, 0) is 24.5 Å². The third kappa shape index (κ3) is 3.47. The first-order valence-corrected chi connectivity index (χ1v) is 5.64. The Morgan fingerprint density at radius 1 is 1.28 bits per heavy atom. The van der Waals surface area contributed by atoms with Crippen LogP contribution in [0.3, 0.4) is 0 Å². The van der Waals surface area contributed by atoms with Gasteiger partial charge < -0.3 is 5.32 Å². The molecule has 1 N–H and O–H groups in total. The Bertz CT molecular complexity index is 435. The van der Waals surface area contributed by atoms with Gasteiger partial charge in [-0.15, -0.1) is 0 Å². The van der Waals surface area contributed by atoms with E-state index in [1.807, 2.05) is 6.07 Å². The molecule has 2 nitrogen and oxygen atoms in total. The number of alkyl halides is 3. The van der Waals surface area contributed by atoms with Crippen LogP contribution in [0.25, 0.3) is 0 Å². The zero-order chi connectivity index (χ0) is 13.8. The molecule has 0 aliphatic heterocycles. The fourth-order valence-electron chi connectivity index (χ4n) is 1.80. The fraction of sp³-hybridized carbons (Fsp3) is 0.462. The number of nitriles is 1. The van der Waals surface area contributed by atoms with Crippen LogP contribution in [0.15, 0.2) is 24.3 Å². The van der Waals surface area contributed by atoms with Crippen LogP contribution in [0.5, 0.6) is 0 Å². The van der Waals surface area contributed by atoms with Gasteiger partial charge in [-0.2, -0.15) is 18.4 Å². The van der Waals surface area contributed by atoms with Gasteiger partial charge in [0.25, 0.3) is 0 Å². The molecule has 98 valence electrons. The van der Waals surface area contributed by atoms with Gasteiger partial charge in [0.1, 0.15) is 0 Å². The first-order chi connectivity index (χ1) is 8.38. The molecule has 0 amide bonds. The Hall–Kier alpha value is -1.54. The minimum Gasteiger partial charge on any atom is -0.301 e. The maximum atomic E-state index is 12.9. The van der Waals surface area contributed by atoms with Gasteiger partial charge in [0.2, 0.25) is 0 Å². The van der Waals surface area contributed by atoms with Crippen molar-refractivity contribution >= 4 is 0 Å². The quantitative estimate of drug-likeness (QED) is 0.839. The molecule has 0 aliphatic rings. The second-order valence-electron chi connectivity index (χ2n) is 4.20. The summed E-state index contributed by atoms with van der Waals surface area (Å²) in [6.45, 7) is 3.62. The molecular weight excluding hydrogens is 241 g/mol. The van der Waals surface area contributed by atoms with E-state index in [2.05, 4.69) is 5.32 Å². The summed E-state index contributed by atoms with van der Waals surface area (Å²) in [5, 5.41) is 11.3. The Kier molecular flexibility index (Phi) is 4.74. The predicted molar refractivity (Wildman–Crippen MR) is 62.9 cm³/mol. The van der Waals surface area contributed by atoms with E-state index < -0.39 is 11.7 Å². The number of hydrogen-bond acceptors (Lipinski definition) is 2. The highest BCUT2D eigenvalue weighted by molar-refractivity contribution is 5.33. The van der Waals surface area contributed by atoms with Crippen LogP contribution in [0.1, 0.15) is 30.9 Å². The second-order valence-corrected chi connectivity index (χ2v) is 4.20. The van der Waals surface area contributed by atoms with Crippen molar-refractivity contribution in [3.8, 4) is 6.07 Å². The van der Waals surface area contributed by atoms with Crippen molar-refractivity contribution in [1.82, 2.24) is 5.32 Å². The van der Waals surface area contributed by atoms with Crippen LogP contribution in [0.4, 0.5) is 13.2 Å². The van der Waals surface area contributed by atoms with Crippen molar-refractivity contribution in [3.63, 3.8) is 0 Å². The molecule has 0 unspecified atom stereocenters. The normalized spacial score (nSPS) is 14.9. The van der Waals surface area contributed by atoms with E-state index in [4.69, 9.17) is 5.26 Å². The molecule has 2 atom stereocenters. The summed E-state index contributed by atoms with van der Waals surface area (Å²) in [7, 11) is 0. The van der Waals surface area contributed by atoms with Crippen molar-refractivity contribution < 1.29 is 13.2 Å². The first-order valence-electron chi connectivity index (χ1n) is 5.64. The van der Waals surface area contributed by atoms with Gasteiger partial charge in [0.15, 0.2) is 0 Å². The molecule has 1 rings (SSSR count). The lowest BCUT2D eigenvalue weighted by atomic mass is 9.90. The van der Waals surface area contributed by atoms with Crippen LogP contribution in [-0.4, -0.2) is 12.6 Å². The highest BCUT2D eigenvalue weighted by atomic mass is 19.4. The van der Waals surface area contributed by atoms with Gasteiger partial charge in [-0.25, -0.2) is 0 Å². The summed E-state index contributed by atoms with van der Waals surface area (Å²) < 4.78 is 38.6. The number of halogens is 3. The van der Waals surface area contributed by atoms with Crippen molar-refractivity contribution in [2.75, 3.05) is 6.54 Å².